The number of hydrogen-bond donors (Lipinski definition) is 0. The molecule has 1 amide bonds. The molecule has 9 nitrogen and oxygen atoms in total. The number of hydrogen-bond acceptors (Lipinski definition) is 7. The van der Waals surface area contributed by atoms with Crippen molar-refractivity contribution in [2.24, 2.45) is 5.41 Å². The lowest BCUT2D eigenvalue weighted by molar-refractivity contribution is -0.136. The first kappa shape index (κ1) is 23.1. The Hall–Kier alpha value is -3.04. The van der Waals surface area contributed by atoms with Crippen LogP contribution in [0.25, 0.3) is 5.69 Å². The molecule has 192 valence electrons. The van der Waals surface area contributed by atoms with Crippen LogP contribution < -0.4 is 4.90 Å². The van der Waals surface area contributed by atoms with Crippen LogP contribution in [-0.4, -0.2) is 73.2 Å². The highest BCUT2D eigenvalue weighted by molar-refractivity contribution is 6.30. The lowest BCUT2D eigenvalue weighted by atomic mass is 9.57. The minimum Gasteiger partial charge on any atom is -0.347 e. The third-order valence-corrected chi connectivity index (χ3v) is 8.94. The van der Waals surface area contributed by atoms with E-state index < -0.39 is 5.54 Å². The van der Waals surface area contributed by atoms with Crippen molar-refractivity contribution in [2.45, 2.75) is 57.2 Å². The first-order valence-corrected chi connectivity index (χ1v) is 13.4. The van der Waals surface area contributed by atoms with Crippen LogP contribution >= 0.6 is 11.6 Å². The molecule has 1 saturated heterocycles. The molecule has 10 heteroatoms. The van der Waals surface area contributed by atoms with E-state index in [0.29, 0.717) is 29.4 Å². The van der Waals surface area contributed by atoms with Crippen molar-refractivity contribution in [3.05, 3.63) is 58.4 Å². The summed E-state index contributed by atoms with van der Waals surface area (Å²) >= 11 is 6.45. The van der Waals surface area contributed by atoms with Crippen LogP contribution in [0, 0.1) is 12.3 Å². The molecule has 4 aliphatic rings. The summed E-state index contributed by atoms with van der Waals surface area (Å²) in [6, 6.07) is 7.99. The molecule has 0 N–H and O–H groups in total. The van der Waals surface area contributed by atoms with Crippen molar-refractivity contribution in [1.82, 2.24) is 34.5 Å². The van der Waals surface area contributed by atoms with Crippen molar-refractivity contribution in [1.29, 1.82) is 0 Å². The van der Waals surface area contributed by atoms with Crippen molar-refractivity contribution in [3.8, 4) is 5.69 Å². The van der Waals surface area contributed by atoms with E-state index in [2.05, 4.69) is 35.5 Å². The number of benzene rings is 1. The fourth-order valence-corrected chi connectivity index (χ4v) is 6.91. The summed E-state index contributed by atoms with van der Waals surface area (Å²) in [4.78, 5) is 28.5. The maximum absolute atomic E-state index is 13.2. The van der Waals surface area contributed by atoms with Crippen LogP contribution in [0.5, 0.6) is 0 Å². The first-order valence-electron chi connectivity index (χ1n) is 13.0. The third-order valence-electron chi connectivity index (χ3n) is 8.71. The maximum Gasteiger partial charge on any atom is 0.242 e. The number of likely N-dealkylation sites (N-methyl/N-ethyl adjacent to an activating group) is 1. The molecule has 0 radical (unpaired) electrons. The summed E-state index contributed by atoms with van der Waals surface area (Å²) in [7, 11) is 3.68. The number of aromatic nitrogens is 5. The summed E-state index contributed by atoms with van der Waals surface area (Å²) in [5.74, 6) is 3.28. The molecule has 3 fully saturated rings. The fraction of sp³-hybridized carbons (Fsp3) is 0.519. The van der Waals surface area contributed by atoms with Gasteiger partial charge in [-0.05, 0) is 62.4 Å². The number of fused-ring (bicyclic) bond motifs is 3. The van der Waals surface area contributed by atoms with Gasteiger partial charge in [0.05, 0.1) is 12.2 Å². The van der Waals surface area contributed by atoms with Crippen LogP contribution in [0.2, 0.25) is 5.02 Å². The van der Waals surface area contributed by atoms with Gasteiger partial charge in [-0.1, -0.05) is 11.6 Å². The Morgan fingerprint density at radius 1 is 1.11 bits per heavy atom. The average molecular weight is 519 g/mol. The quantitative estimate of drug-likeness (QED) is 0.523. The zero-order valence-corrected chi connectivity index (χ0v) is 22.2. The minimum atomic E-state index is -0.460. The number of anilines is 1. The number of amides is 1. The molecule has 2 aliphatic carbocycles. The van der Waals surface area contributed by atoms with Gasteiger partial charge in [-0.25, -0.2) is 9.97 Å². The molecule has 7 rings (SSSR count). The highest BCUT2D eigenvalue weighted by Gasteiger charge is 2.57. The normalized spacial score (nSPS) is 21.5. The van der Waals surface area contributed by atoms with Gasteiger partial charge >= 0.3 is 0 Å². The standard InChI is InChI=1S/C27H31ClN8O/c1-17-6-9-29-25(30-17)34-15-26(16-34)11-19(12-26)23-32-31-22-14-35(27(7-8-27)24(37)33(2)3)13-18-10-20(28)4-5-21(18)36(22)23/h4-6,9-10,19H,7-8,11-16H2,1-3H3. The Labute approximate surface area is 221 Å². The number of nitrogens with zero attached hydrogens (tertiary/aromatic N) is 8. The van der Waals surface area contributed by atoms with E-state index in [4.69, 9.17) is 16.7 Å². The lowest BCUT2D eigenvalue weighted by Crippen LogP contribution is -2.62. The number of carbonyl (C=O) groups is 1. The zero-order valence-electron chi connectivity index (χ0n) is 21.5. The van der Waals surface area contributed by atoms with Crippen LogP contribution in [0.4, 0.5) is 5.95 Å². The third kappa shape index (κ3) is 3.58. The Bertz CT molecular complexity index is 1400. The zero-order chi connectivity index (χ0) is 25.5. The van der Waals surface area contributed by atoms with Gasteiger partial charge in [0.2, 0.25) is 11.9 Å². The van der Waals surface area contributed by atoms with Crippen molar-refractivity contribution >= 4 is 23.5 Å². The van der Waals surface area contributed by atoms with Gasteiger partial charge < -0.3 is 9.80 Å². The summed E-state index contributed by atoms with van der Waals surface area (Å²) in [6.07, 6.45) is 5.75. The Balaban J connectivity index is 1.16. The van der Waals surface area contributed by atoms with Crippen molar-refractivity contribution < 1.29 is 4.79 Å². The van der Waals surface area contributed by atoms with Gasteiger partial charge in [-0.2, -0.15) is 0 Å². The second-order valence-electron chi connectivity index (χ2n) is 11.6. The molecule has 0 unspecified atom stereocenters. The summed E-state index contributed by atoms with van der Waals surface area (Å²) < 4.78 is 2.25. The SMILES string of the molecule is Cc1ccnc(N2CC3(CC(c4nnc5n4-c4ccc(Cl)cc4CN(C4(C(=O)N(C)C)CC4)C5)C3)C2)n1. The first-order chi connectivity index (χ1) is 17.8. The smallest absolute Gasteiger partial charge is 0.242 e. The average Bonchev–Trinajstić information content (AvgIpc) is 3.55. The topological polar surface area (TPSA) is 83.3 Å². The molecular formula is C27H31ClN8O. The van der Waals surface area contributed by atoms with E-state index in [0.717, 1.165) is 73.3 Å². The van der Waals surface area contributed by atoms with Crippen molar-refractivity contribution in [2.75, 3.05) is 32.1 Å². The largest absolute Gasteiger partial charge is 0.347 e. The van der Waals surface area contributed by atoms with E-state index in [1.807, 2.05) is 45.4 Å². The summed E-state index contributed by atoms with van der Waals surface area (Å²) in [6.45, 7) is 5.24. The molecule has 0 bridgehead atoms. The maximum atomic E-state index is 13.2. The number of carbonyl (C=O) groups excluding carboxylic acids is 1. The highest BCUT2D eigenvalue weighted by Crippen LogP contribution is 2.56. The Morgan fingerprint density at radius 3 is 2.59 bits per heavy atom. The molecule has 2 saturated carbocycles. The van der Waals surface area contributed by atoms with E-state index in [9.17, 15) is 4.79 Å². The van der Waals surface area contributed by atoms with Gasteiger partial charge in [0, 0.05) is 62.0 Å². The Morgan fingerprint density at radius 2 is 1.89 bits per heavy atom. The van der Waals surface area contributed by atoms with E-state index in [1.54, 1.807) is 4.90 Å². The van der Waals surface area contributed by atoms with Gasteiger partial charge in [0.1, 0.15) is 11.4 Å². The Kier molecular flexibility index (Phi) is 4.98. The molecule has 3 aromatic rings. The van der Waals surface area contributed by atoms with Crippen molar-refractivity contribution in [3.63, 3.8) is 0 Å². The van der Waals surface area contributed by atoms with Gasteiger partial charge in [0.25, 0.3) is 0 Å². The van der Waals surface area contributed by atoms with E-state index in [1.165, 1.54) is 0 Å². The van der Waals surface area contributed by atoms with Crippen LogP contribution in [0.1, 0.15) is 54.5 Å². The molecule has 1 aromatic carbocycles. The van der Waals surface area contributed by atoms with Crippen LogP contribution in [-0.2, 0) is 17.9 Å². The summed E-state index contributed by atoms with van der Waals surface area (Å²) in [5.41, 5.74) is 3.04. The molecular weight excluding hydrogens is 488 g/mol. The molecule has 37 heavy (non-hydrogen) atoms. The molecule has 4 heterocycles. The van der Waals surface area contributed by atoms with Gasteiger partial charge in [-0.15, -0.1) is 10.2 Å². The monoisotopic (exact) mass is 518 g/mol. The predicted molar refractivity (Wildman–Crippen MR) is 140 cm³/mol. The molecule has 0 atom stereocenters. The van der Waals surface area contributed by atoms with E-state index in [-0.39, 0.29) is 5.91 Å². The molecule has 2 aliphatic heterocycles. The number of aryl methyl sites for hydroxylation is 1. The number of halogens is 1. The summed E-state index contributed by atoms with van der Waals surface area (Å²) in [5, 5.41) is 10.1. The number of rotatable bonds is 4. The van der Waals surface area contributed by atoms with Crippen LogP contribution in [0.15, 0.2) is 30.5 Å². The lowest BCUT2D eigenvalue weighted by Gasteiger charge is -2.58. The minimum absolute atomic E-state index is 0.164. The molecule has 2 aromatic heterocycles. The van der Waals surface area contributed by atoms with E-state index >= 15 is 0 Å². The second kappa shape index (κ2) is 7.98. The second-order valence-corrected chi connectivity index (χ2v) is 12.1. The highest BCUT2D eigenvalue weighted by atomic mass is 35.5. The van der Waals surface area contributed by atoms with Gasteiger partial charge in [0.15, 0.2) is 5.82 Å². The fourth-order valence-electron chi connectivity index (χ4n) is 6.71. The van der Waals surface area contributed by atoms with Gasteiger partial charge in [-0.3, -0.25) is 14.3 Å². The predicted octanol–water partition coefficient (Wildman–Crippen LogP) is 3.34. The molecule has 1 spiro atoms. The van der Waals surface area contributed by atoms with Crippen LogP contribution in [0.3, 0.4) is 0 Å².